The van der Waals surface area contributed by atoms with Crippen LogP contribution in [-0.4, -0.2) is 12.0 Å². The molecule has 0 spiro atoms. The van der Waals surface area contributed by atoms with Crippen LogP contribution in [-0.2, 0) is 0 Å². The SMILES string of the molecule is CC(C)Oc1cccc(C(C)NC(=O)c2ccc(N)cc2)c1.Cl. The molecule has 0 saturated carbocycles. The average Bonchev–Trinajstić information content (AvgIpc) is 2.47. The number of nitrogen functional groups attached to an aromatic ring is 1. The van der Waals surface area contributed by atoms with Crippen LogP contribution in [0.15, 0.2) is 48.5 Å². The molecule has 0 heterocycles. The molecule has 2 aromatic rings. The Hall–Kier alpha value is -2.20. The van der Waals surface area contributed by atoms with Gasteiger partial charge in [0.1, 0.15) is 5.75 Å². The minimum atomic E-state index is -0.123. The molecule has 3 N–H and O–H groups in total. The number of carbonyl (C=O) groups excluding carboxylic acids is 1. The Labute approximate surface area is 143 Å². The van der Waals surface area contributed by atoms with Crippen LogP contribution < -0.4 is 15.8 Å². The second-order valence-electron chi connectivity index (χ2n) is 5.56. The van der Waals surface area contributed by atoms with E-state index in [1.165, 1.54) is 0 Å². The van der Waals surface area contributed by atoms with Gasteiger partial charge >= 0.3 is 0 Å². The van der Waals surface area contributed by atoms with E-state index in [1.54, 1.807) is 24.3 Å². The fraction of sp³-hybridized carbons (Fsp3) is 0.278. The molecule has 124 valence electrons. The Morgan fingerprint density at radius 1 is 1.09 bits per heavy atom. The topological polar surface area (TPSA) is 64.3 Å². The third-order valence-electron chi connectivity index (χ3n) is 3.25. The number of nitrogens with two attached hydrogens (primary N) is 1. The number of anilines is 1. The van der Waals surface area contributed by atoms with Crippen molar-refractivity contribution >= 4 is 24.0 Å². The van der Waals surface area contributed by atoms with E-state index in [2.05, 4.69) is 5.32 Å². The number of amides is 1. The Bertz CT molecular complexity index is 642. The van der Waals surface area contributed by atoms with Gasteiger partial charge in [-0.05, 0) is 62.7 Å². The molecule has 0 bridgehead atoms. The van der Waals surface area contributed by atoms with Crippen molar-refractivity contribution in [2.24, 2.45) is 0 Å². The van der Waals surface area contributed by atoms with Crippen molar-refractivity contribution in [1.82, 2.24) is 5.32 Å². The predicted octanol–water partition coefficient (Wildman–Crippen LogP) is 3.97. The number of halogens is 1. The molecule has 1 atom stereocenters. The zero-order valence-electron chi connectivity index (χ0n) is 13.6. The third kappa shape index (κ3) is 5.49. The van der Waals surface area contributed by atoms with Gasteiger partial charge in [-0.2, -0.15) is 0 Å². The molecular weight excluding hydrogens is 312 g/mol. The Morgan fingerprint density at radius 2 is 1.74 bits per heavy atom. The maximum Gasteiger partial charge on any atom is 0.251 e. The molecule has 0 aliphatic rings. The first-order chi connectivity index (χ1) is 10.5. The van der Waals surface area contributed by atoms with Gasteiger partial charge in [0.2, 0.25) is 0 Å². The molecule has 0 aliphatic carbocycles. The van der Waals surface area contributed by atoms with Gasteiger partial charge in [-0.1, -0.05) is 12.1 Å². The molecular formula is C18H23ClN2O2. The molecule has 4 nitrogen and oxygen atoms in total. The minimum Gasteiger partial charge on any atom is -0.491 e. The van der Waals surface area contributed by atoms with Gasteiger partial charge < -0.3 is 15.8 Å². The first kappa shape index (κ1) is 18.8. The van der Waals surface area contributed by atoms with E-state index < -0.39 is 0 Å². The summed E-state index contributed by atoms with van der Waals surface area (Å²) in [6, 6.07) is 14.5. The van der Waals surface area contributed by atoms with E-state index >= 15 is 0 Å². The van der Waals surface area contributed by atoms with Crippen LogP contribution in [0.25, 0.3) is 0 Å². The van der Waals surface area contributed by atoms with Crippen LogP contribution in [0.1, 0.15) is 42.7 Å². The monoisotopic (exact) mass is 334 g/mol. The lowest BCUT2D eigenvalue weighted by atomic mass is 10.1. The summed E-state index contributed by atoms with van der Waals surface area (Å²) in [6.45, 7) is 5.92. The molecule has 1 unspecified atom stereocenters. The van der Waals surface area contributed by atoms with E-state index in [0.29, 0.717) is 11.3 Å². The standard InChI is InChI=1S/C18H22N2O2.ClH/c1-12(2)22-17-6-4-5-15(11-17)13(3)20-18(21)14-7-9-16(19)10-8-14;/h4-13H,19H2,1-3H3,(H,20,21);1H. The van der Waals surface area contributed by atoms with Crippen LogP contribution in [0.5, 0.6) is 5.75 Å². The maximum atomic E-state index is 12.2. The van der Waals surface area contributed by atoms with Crippen LogP contribution in [0.4, 0.5) is 5.69 Å². The third-order valence-corrected chi connectivity index (χ3v) is 3.25. The Balaban J connectivity index is 0.00000264. The number of ether oxygens (including phenoxy) is 1. The summed E-state index contributed by atoms with van der Waals surface area (Å²) in [5.41, 5.74) is 7.87. The number of rotatable bonds is 5. The highest BCUT2D eigenvalue weighted by Gasteiger charge is 2.12. The van der Waals surface area contributed by atoms with Gasteiger partial charge in [0.25, 0.3) is 5.91 Å². The van der Waals surface area contributed by atoms with Gasteiger partial charge in [0.15, 0.2) is 0 Å². The summed E-state index contributed by atoms with van der Waals surface area (Å²) in [5, 5.41) is 2.98. The van der Waals surface area contributed by atoms with E-state index in [-0.39, 0.29) is 30.5 Å². The number of hydrogen-bond acceptors (Lipinski definition) is 3. The van der Waals surface area contributed by atoms with Crippen molar-refractivity contribution in [3.05, 3.63) is 59.7 Å². The minimum absolute atomic E-state index is 0. The molecule has 23 heavy (non-hydrogen) atoms. The lowest BCUT2D eigenvalue weighted by Gasteiger charge is -2.16. The zero-order chi connectivity index (χ0) is 16.1. The fourth-order valence-electron chi connectivity index (χ4n) is 2.13. The summed E-state index contributed by atoms with van der Waals surface area (Å²) in [5.74, 6) is 0.684. The van der Waals surface area contributed by atoms with Gasteiger partial charge in [-0.15, -0.1) is 12.4 Å². The highest BCUT2D eigenvalue weighted by Crippen LogP contribution is 2.20. The molecule has 2 aromatic carbocycles. The van der Waals surface area contributed by atoms with Crippen LogP contribution in [0.3, 0.4) is 0 Å². The van der Waals surface area contributed by atoms with Gasteiger partial charge in [0, 0.05) is 11.3 Å². The number of benzene rings is 2. The van der Waals surface area contributed by atoms with Crippen molar-refractivity contribution in [3.63, 3.8) is 0 Å². The largest absolute Gasteiger partial charge is 0.491 e. The summed E-state index contributed by atoms with van der Waals surface area (Å²) in [7, 11) is 0. The Morgan fingerprint density at radius 3 is 2.35 bits per heavy atom. The van der Waals surface area contributed by atoms with Crippen LogP contribution in [0.2, 0.25) is 0 Å². The van der Waals surface area contributed by atoms with Crippen molar-refractivity contribution in [3.8, 4) is 5.75 Å². The molecule has 0 aliphatic heterocycles. The molecule has 0 aromatic heterocycles. The first-order valence-electron chi connectivity index (χ1n) is 7.38. The van der Waals surface area contributed by atoms with Crippen molar-refractivity contribution in [2.45, 2.75) is 32.9 Å². The van der Waals surface area contributed by atoms with E-state index in [0.717, 1.165) is 11.3 Å². The lowest BCUT2D eigenvalue weighted by Crippen LogP contribution is -2.26. The van der Waals surface area contributed by atoms with E-state index in [9.17, 15) is 4.79 Å². The summed E-state index contributed by atoms with van der Waals surface area (Å²) < 4.78 is 5.68. The van der Waals surface area contributed by atoms with Gasteiger partial charge in [-0.25, -0.2) is 0 Å². The maximum absolute atomic E-state index is 12.2. The zero-order valence-corrected chi connectivity index (χ0v) is 14.4. The quantitative estimate of drug-likeness (QED) is 0.813. The number of carbonyl (C=O) groups is 1. The molecule has 0 radical (unpaired) electrons. The van der Waals surface area contributed by atoms with Gasteiger partial charge in [0.05, 0.1) is 12.1 Å². The highest BCUT2D eigenvalue weighted by atomic mass is 35.5. The Kier molecular flexibility index (Phi) is 6.91. The summed E-state index contributed by atoms with van der Waals surface area (Å²) in [6.07, 6.45) is 0.120. The molecule has 0 fully saturated rings. The van der Waals surface area contributed by atoms with Crippen LogP contribution in [0, 0.1) is 0 Å². The van der Waals surface area contributed by atoms with Crippen molar-refractivity contribution in [1.29, 1.82) is 0 Å². The summed E-state index contributed by atoms with van der Waals surface area (Å²) >= 11 is 0. The van der Waals surface area contributed by atoms with Crippen LogP contribution >= 0.6 is 12.4 Å². The predicted molar refractivity (Wildman–Crippen MR) is 96.2 cm³/mol. The smallest absolute Gasteiger partial charge is 0.251 e. The van der Waals surface area contributed by atoms with E-state index in [4.69, 9.17) is 10.5 Å². The van der Waals surface area contributed by atoms with Crippen molar-refractivity contribution in [2.75, 3.05) is 5.73 Å². The van der Waals surface area contributed by atoms with Gasteiger partial charge in [-0.3, -0.25) is 4.79 Å². The molecule has 2 rings (SSSR count). The second kappa shape index (κ2) is 8.44. The second-order valence-corrected chi connectivity index (χ2v) is 5.56. The molecule has 0 saturated heterocycles. The number of hydrogen-bond donors (Lipinski definition) is 2. The number of nitrogens with one attached hydrogen (secondary N) is 1. The average molecular weight is 335 g/mol. The van der Waals surface area contributed by atoms with E-state index in [1.807, 2.05) is 45.0 Å². The molecule has 1 amide bonds. The lowest BCUT2D eigenvalue weighted by molar-refractivity contribution is 0.0939. The molecule has 5 heteroatoms. The van der Waals surface area contributed by atoms with Crippen molar-refractivity contribution < 1.29 is 9.53 Å². The highest BCUT2D eigenvalue weighted by molar-refractivity contribution is 5.94. The fourth-order valence-corrected chi connectivity index (χ4v) is 2.13. The first-order valence-corrected chi connectivity index (χ1v) is 7.38. The normalized spacial score (nSPS) is 11.5. The summed E-state index contributed by atoms with van der Waals surface area (Å²) in [4.78, 5) is 12.2.